The van der Waals surface area contributed by atoms with Gasteiger partial charge in [0.2, 0.25) is 0 Å². The van der Waals surface area contributed by atoms with Crippen LogP contribution in [0, 0.1) is 0 Å². The fourth-order valence-corrected chi connectivity index (χ4v) is 4.01. The van der Waals surface area contributed by atoms with Gasteiger partial charge in [-0.25, -0.2) is 13.4 Å². The van der Waals surface area contributed by atoms with Gasteiger partial charge in [-0.3, -0.25) is 0 Å². The zero-order valence-corrected chi connectivity index (χ0v) is 12.8. The average Bonchev–Trinajstić information content (AvgIpc) is 3.02. The topological polar surface area (TPSA) is 62.8 Å². The molecule has 2 aromatic heterocycles. The maximum atomic E-state index is 11.8. The smallest absolute Gasteiger partial charge is 0.177 e. The fraction of sp³-hybridized carbons (Fsp3) is 0.214. The molecule has 0 aliphatic heterocycles. The number of aryl methyl sites for hydroxylation is 1. The van der Waals surface area contributed by atoms with Crippen molar-refractivity contribution in [3.05, 3.63) is 35.2 Å². The highest BCUT2D eigenvalue weighted by molar-refractivity contribution is 7.91. The SMILES string of the molecule is CCc1ccsc1-c1nc2c(S(C)(=O)=O)cccc2[nH]1. The van der Waals surface area contributed by atoms with E-state index in [0.717, 1.165) is 22.6 Å². The lowest BCUT2D eigenvalue weighted by molar-refractivity contribution is 0.602. The maximum Gasteiger partial charge on any atom is 0.177 e. The van der Waals surface area contributed by atoms with Crippen LogP contribution in [-0.4, -0.2) is 24.6 Å². The molecular formula is C14H14N2O2S2. The predicted molar refractivity (Wildman–Crippen MR) is 81.9 cm³/mol. The molecule has 0 fully saturated rings. The van der Waals surface area contributed by atoms with Gasteiger partial charge in [-0.15, -0.1) is 11.3 Å². The van der Waals surface area contributed by atoms with Gasteiger partial charge < -0.3 is 4.98 Å². The molecule has 0 unspecified atom stereocenters. The Hall–Kier alpha value is -1.66. The van der Waals surface area contributed by atoms with Gasteiger partial charge in [0.05, 0.1) is 15.3 Å². The number of aromatic amines is 1. The van der Waals surface area contributed by atoms with Crippen LogP contribution < -0.4 is 0 Å². The Morgan fingerprint density at radius 1 is 1.30 bits per heavy atom. The van der Waals surface area contributed by atoms with E-state index < -0.39 is 9.84 Å². The summed E-state index contributed by atoms with van der Waals surface area (Å²) >= 11 is 1.61. The molecule has 2 heterocycles. The quantitative estimate of drug-likeness (QED) is 0.808. The summed E-state index contributed by atoms with van der Waals surface area (Å²) in [5.41, 5.74) is 2.48. The normalized spacial score (nSPS) is 12.1. The molecule has 4 nitrogen and oxygen atoms in total. The van der Waals surface area contributed by atoms with Crippen LogP contribution in [0.25, 0.3) is 21.7 Å². The number of nitrogens with one attached hydrogen (secondary N) is 1. The molecular weight excluding hydrogens is 292 g/mol. The third kappa shape index (κ3) is 2.14. The number of thiophene rings is 1. The summed E-state index contributed by atoms with van der Waals surface area (Å²) < 4.78 is 23.6. The van der Waals surface area contributed by atoms with Crippen molar-refractivity contribution in [1.82, 2.24) is 9.97 Å². The highest BCUT2D eigenvalue weighted by atomic mass is 32.2. The van der Waals surface area contributed by atoms with E-state index in [1.54, 1.807) is 23.5 Å². The van der Waals surface area contributed by atoms with E-state index in [1.807, 2.05) is 11.4 Å². The van der Waals surface area contributed by atoms with Crippen LogP contribution in [0.3, 0.4) is 0 Å². The number of nitrogens with zero attached hydrogens (tertiary/aromatic N) is 1. The molecule has 20 heavy (non-hydrogen) atoms. The van der Waals surface area contributed by atoms with Crippen LogP contribution >= 0.6 is 11.3 Å². The highest BCUT2D eigenvalue weighted by Gasteiger charge is 2.17. The molecule has 0 saturated carbocycles. The molecule has 0 bridgehead atoms. The Morgan fingerprint density at radius 3 is 2.80 bits per heavy atom. The van der Waals surface area contributed by atoms with Gasteiger partial charge in [0, 0.05) is 6.26 Å². The number of hydrogen-bond donors (Lipinski definition) is 1. The molecule has 1 aromatic carbocycles. The van der Waals surface area contributed by atoms with E-state index in [0.29, 0.717) is 5.52 Å². The minimum atomic E-state index is -3.28. The molecule has 0 amide bonds. The van der Waals surface area contributed by atoms with Crippen LogP contribution in [0.4, 0.5) is 0 Å². The number of imidazole rings is 1. The standard InChI is InChI=1S/C14H14N2O2S2/c1-3-9-7-8-19-13(9)14-15-10-5-4-6-11(12(10)16-14)20(2,17)18/h4-8H,3H2,1-2H3,(H,15,16). The summed E-state index contributed by atoms with van der Waals surface area (Å²) in [6.45, 7) is 2.09. The lowest BCUT2D eigenvalue weighted by atomic mass is 10.2. The summed E-state index contributed by atoms with van der Waals surface area (Å²) in [5, 5.41) is 2.03. The maximum absolute atomic E-state index is 11.8. The van der Waals surface area contributed by atoms with Crippen molar-refractivity contribution in [2.75, 3.05) is 6.26 Å². The van der Waals surface area contributed by atoms with Crippen molar-refractivity contribution in [3.63, 3.8) is 0 Å². The number of para-hydroxylation sites is 1. The average molecular weight is 306 g/mol. The summed E-state index contributed by atoms with van der Waals surface area (Å²) in [7, 11) is -3.28. The summed E-state index contributed by atoms with van der Waals surface area (Å²) in [6, 6.07) is 7.25. The van der Waals surface area contributed by atoms with E-state index in [-0.39, 0.29) is 4.90 Å². The fourth-order valence-electron chi connectivity index (χ4n) is 2.23. The molecule has 6 heteroatoms. The first kappa shape index (κ1) is 13.3. The van der Waals surface area contributed by atoms with Crippen molar-refractivity contribution in [2.45, 2.75) is 18.2 Å². The molecule has 3 aromatic rings. The van der Waals surface area contributed by atoms with E-state index in [4.69, 9.17) is 0 Å². The van der Waals surface area contributed by atoms with Gasteiger partial charge >= 0.3 is 0 Å². The number of hydrogen-bond acceptors (Lipinski definition) is 4. The number of sulfone groups is 1. The molecule has 0 aliphatic rings. The monoisotopic (exact) mass is 306 g/mol. The van der Waals surface area contributed by atoms with Gasteiger partial charge in [0.1, 0.15) is 11.3 Å². The van der Waals surface area contributed by atoms with Crippen molar-refractivity contribution in [1.29, 1.82) is 0 Å². The largest absolute Gasteiger partial charge is 0.337 e. The second-order valence-electron chi connectivity index (χ2n) is 4.64. The molecule has 3 rings (SSSR count). The summed E-state index contributed by atoms with van der Waals surface area (Å²) in [4.78, 5) is 9.07. The third-order valence-corrected chi connectivity index (χ3v) is 5.31. The number of H-pyrrole nitrogens is 1. The second kappa shape index (κ2) is 4.71. The number of benzene rings is 1. The van der Waals surface area contributed by atoms with Crippen LogP contribution in [0.5, 0.6) is 0 Å². The molecule has 104 valence electrons. The molecule has 0 aliphatic carbocycles. The molecule has 0 spiro atoms. The summed E-state index contributed by atoms with van der Waals surface area (Å²) in [5.74, 6) is 0.739. The Bertz CT molecular complexity index is 876. The third-order valence-electron chi connectivity index (χ3n) is 3.22. The van der Waals surface area contributed by atoms with E-state index in [2.05, 4.69) is 23.0 Å². The van der Waals surface area contributed by atoms with Crippen LogP contribution in [0.2, 0.25) is 0 Å². The van der Waals surface area contributed by atoms with Crippen molar-refractivity contribution in [2.24, 2.45) is 0 Å². The zero-order valence-electron chi connectivity index (χ0n) is 11.2. The van der Waals surface area contributed by atoms with Crippen molar-refractivity contribution < 1.29 is 8.42 Å². The molecule has 0 radical (unpaired) electrons. The van der Waals surface area contributed by atoms with Gasteiger partial charge in [0.15, 0.2) is 9.84 Å². The van der Waals surface area contributed by atoms with Crippen molar-refractivity contribution >= 4 is 32.2 Å². The van der Waals surface area contributed by atoms with Gasteiger partial charge in [-0.2, -0.15) is 0 Å². The van der Waals surface area contributed by atoms with Gasteiger partial charge in [0.25, 0.3) is 0 Å². The van der Waals surface area contributed by atoms with Crippen LogP contribution in [-0.2, 0) is 16.3 Å². The van der Waals surface area contributed by atoms with E-state index in [9.17, 15) is 8.42 Å². The Kier molecular flexibility index (Phi) is 3.14. The van der Waals surface area contributed by atoms with Gasteiger partial charge in [-0.1, -0.05) is 13.0 Å². The first-order valence-electron chi connectivity index (χ1n) is 6.26. The second-order valence-corrected chi connectivity index (χ2v) is 7.54. The van der Waals surface area contributed by atoms with Gasteiger partial charge in [-0.05, 0) is 35.6 Å². The van der Waals surface area contributed by atoms with Crippen LogP contribution in [0.1, 0.15) is 12.5 Å². The number of fused-ring (bicyclic) bond motifs is 1. The Balaban J connectivity index is 2.27. The highest BCUT2D eigenvalue weighted by Crippen LogP contribution is 2.31. The first-order valence-corrected chi connectivity index (χ1v) is 9.03. The van der Waals surface area contributed by atoms with E-state index in [1.165, 1.54) is 11.8 Å². The number of rotatable bonds is 3. The zero-order chi connectivity index (χ0) is 14.3. The minimum Gasteiger partial charge on any atom is -0.337 e. The lowest BCUT2D eigenvalue weighted by Crippen LogP contribution is -1.97. The molecule has 0 saturated heterocycles. The predicted octanol–water partition coefficient (Wildman–Crippen LogP) is 3.26. The molecule has 1 N–H and O–H groups in total. The van der Waals surface area contributed by atoms with Crippen molar-refractivity contribution in [3.8, 4) is 10.7 Å². The lowest BCUT2D eigenvalue weighted by Gasteiger charge is -1.97. The molecule has 0 atom stereocenters. The van der Waals surface area contributed by atoms with E-state index >= 15 is 0 Å². The Labute approximate surface area is 121 Å². The number of aromatic nitrogens is 2. The van der Waals surface area contributed by atoms with Crippen LogP contribution in [0.15, 0.2) is 34.5 Å². The minimum absolute atomic E-state index is 0.270. The first-order chi connectivity index (χ1) is 9.50. The summed E-state index contributed by atoms with van der Waals surface area (Å²) in [6.07, 6.45) is 2.13. The Morgan fingerprint density at radius 2 is 2.10 bits per heavy atom.